The smallest absolute Gasteiger partial charge is 0.216 e. The summed E-state index contributed by atoms with van der Waals surface area (Å²) < 4.78 is 36.5. The Morgan fingerprint density at radius 2 is 1.84 bits per heavy atom. The second kappa shape index (κ2) is 7.61. The molecule has 1 atom stereocenters. The first kappa shape index (κ1) is 20.2. The molecule has 0 radical (unpaired) electrons. The maximum absolute atomic E-state index is 12.9. The summed E-state index contributed by atoms with van der Waals surface area (Å²) >= 11 is 0. The summed E-state index contributed by atoms with van der Waals surface area (Å²) in [5.74, 6) is 0.677. The van der Waals surface area contributed by atoms with Crippen LogP contribution in [0, 0.1) is 6.92 Å². The molecular weight excluding hydrogens is 342 g/mol. The van der Waals surface area contributed by atoms with Gasteiger partial charge in [-0.25, -0.2) is 8.42 Å². The molecule has 0 saturated carbocycles. The number of hydrogen-bond donors (Lipinski definition) is 1. The average Bonchev–Trinajstić information content (AvgIpc) is 2.53. The molecule has 1 N–H and O–H groups in total. The normalized spacial score (nSPS) is 19.0. The number of methoxy groups -OCH3 is 1. The van der Waals surface area contributed by atoms with Crippen LogP contribution in [-0.4, -0.2) is 55.9 Å². The molecule has 2 rings (SSSR count). The van der Waals surface area contributed by atoms with E-state index in [-0.39, 0.29) is 0 Å². The molecule has 6 nitrogen and oxygen atoms in total. The Morgan fingerprint density at radius 3 is 2.32 bits per heavy atom. The van der Waals surface area contributed by atoms with E-state index in [1.165, 1.54) is 0 Å². The number of piperidine rings is 1. The maximum atomic E-state index is 12.9. The zero-order chi connectivity index (χ0) is 18.8. The van der Waals surface area contributed by atoms with Crippen molar-refractivity contribution < 1.29 is 23.0 Å². The van der Waals surface area contributed by atoms with Crippen LogP contribution in [0.3, 0.4) is 0 Å². The van der Waals surface area contributed by atoms with Gasteiger partial charge in [-0.2, -0.15) is 0 Å². The molecular formula is C18H29NO5S. The van der Waals surface area contributed by atoms with Gasteiger partial charge in [0.2, 0.25) is 6.41 Å². The van der Waals surface area contributed by atoms with Crippen molar-refractivity contribution in [2.24, 2.45) is 0 Å². The van der Waals surface area contributed by atoms with Gasteiger partial charge in [-0.1, -0.05) is 0 Å². The van der Waals surface area contributed by atoms with Crippen molar-refractivity contribution in [3.05, 3.63) is 23.8 Å². The average molecular weight is 371 g/mol. The Kier molecular flexibility index (Phi) is 6.14. The number of aliphatic hydroxyl groups excluding tert-OH is 1. The number of hydrogen-bond acceptors (Lipinski definition) is 6. The van der Waals surface area contributed by atoms with Gasteiger partial charge in [0, 0.05) is 13.1 Å². The minimum Gasteiger partial charge on any atom is -0.496 e. The molecule has 0 aliphatic carbocycles. The summed E-state index contributed by atoms with van der Waals surface area (Å²) in [6.45, 7) is 8.42. The highest BCUT2D eigenvalue weighted by atomic mass is 32.2. The molecule has 0 bridgehead atoms. The zero-order valence-electron chi connectivity index (χ0n) is 15.7. The van der Waals surface area contributed by atoms with Crippen LogP contribution < -0.4 is 4.74 Å². The maximum Gasteiger partial charge on any atom is 0.216 e. The summed E-state index contributed by atoms with van der Waals surface area (Å²) in [6, 6.07) is 4.96. The fraction of sp³-hybridized carbons (Fsp3) is 0.667. The van der Waals surface area contributed by atoms with Gasteiger partial charge in [-0.15, -0.1) is 0 Å². The van der Waals surface area contributed by atoms with Crippen molar-refractivity contribution in [3.63, 3.8) is 0 Å². The molecule has 1 aliphatic rings. The van der Waals surface area contributed by atoms with E-state index in [0.717, 1.165) is 5.56 Å². The first-order chi connectivity index (χ1) is 11.5. The Bertz CT molecular complexity index is 688. The number of likely N-dealkylation sites (tertiary alicyclic amines) is 1. The number of ether oxygens (including phenoxy) is 2. The first-order valence-electron chi connectivity index (χ1n) is 8.53. The van der Waals surface area contributed by atoms with Crippen molar-refractivity contribution in [1.82, 2.24) is 4.90 Å². The lowest BCUT2D eigenvalue weighted by Gasteiger charge is -2.37. The van der Waals surface area contributed by atoms with Crippen molar-refractivity contribution in [1.29, 1.82) is 0 Å². The topological polar surface area (TPSA) is 76.1 Å². The molecule has 1 saturated heterocycles. The van der Waals surface area contributed by atoms with E-state index in [4.69, 9.17) is 9.47 Å². The van der Waals surface area contributed by atoms with Gasteiger partial charge in [0.05, 0.1) is 22.9 Å². The van der Waals surface area contributed by atoms with Crippen LogP contribution in [0.5, 0.6) is 5.75 Å². The predicted octanol–water partition coefficient (Wildman–Crippen LogP) is 2.33. The Balaban J connectivity index is 2.05. The van der Waals surface area contributed by atoms with E-state index in [2.05, 4.69) is 0 Å². The molecule has 1 fully saturated rings. The third-order valence-corrected chi connectivity index (χ3v) is 6.64. The summed E-state index contributed by atoms with van der Waals surface area (Å²) in [5, 5.41) is 9.70. The van der Waals surface area contributed by atoms with Crippen LogP contribution in [0.25, 0.3) is 0 Å². The molecule has 142 valence electrons. The van der Waals surface area contributed by atoms with E-state index in [1.54, 1.807) is 30.2 Å². The third kappa shape index (κ3) is 4.94. The summed E-state index contributed by atoms with van der Waals surface area (Å²) in [4.78, 5) is 2.10. The fourth-order valence-corrected chi connectivity index (χ4v) is 4.83. The van der Waals surface area contributed by atoms with Gasteiger partial charge >= 0.3 is 0 Å². The fourth-order valence-electron chi connectivity index (χ4n) is 3.02. The number of benzene rings is 1. The summed E-state index contributed by atoms with van der Waals surface area (Å²) in [7, 11) is -1.83. The summed E-state index contributed by atoms with van der Waals surface area (Å²) in [5.41, 5.74) is 0.346. The molecule has 1 aromatic rings. The molecule has 25 heavy (non-hydrogen) atoms. The molecule has 0 aromatic heterocycles. The van der Waals surface area contributed by atoms with Crippen LogP contribution in [0.1, 0.15) is 39.2 Å². The number of sulfone groups is 1. The lowest BCUT2D eigenvalue weighted by Crippen LogP contribution is -2.47. The SMILES string of the molecule is COc1ccc(S(=O)(=O)C2CCN(C(O)OC(C)(C)C)CC2)cc1C. The largest absolute Gasteiger partial charge is 0.496 e. The van der Waals surface area contributed by atoms with Gasteiger partial charge in [0.25, 0.3) is 0 Å². The van der Waals surface area contributed by atoms with Crippen molar-refractivity contribution in [2.45, 2.75) is 62.7 Å². The molecule has 1 unspecified atom stereocenters. The lowest BCUT2D eigenvalue weighted by molar-refractivity contribution is -0.241. The monoisotopic (exact) mass is 371 g/mol. The minimum absolute atomic E-state index is 0.329. The van der Waals surface area contributed by atoms with Crippen LogP contribution in [-0.2, 0) is 14.6 Å². The number of nitrogens with zero attached hydrogens (tertiary/aromatic N) is 1. The van der Waals surface area contributed by atoms with Gasteiger partial charge in [-0.3, -0.25) is 4.90 Å². The predicted molar refractivity (Wildman–Crippen MR) is 96.4 cm³/mol. The number of aryl methyl sites for hydroxylation is 1. The molecule has 1 aromatic carbocycles. The molecule has 1 heterocycles. The van der Waals surface area contributed by atoms with Crippen molar-refractivity contribution in [2.75, 3.05) is 20.2 Å². The molecule has 0 amide bonds. The third-order valence-electron chi connectivity index (χ3n) is 4.38. The van der Waals surface area contributed by atoms with Gasteiger partial charge in [-0.05, 0) is 64.3 Å². The molecule has 1 aliphatic heterocycles. The van der Waals surface area contributed by atoms with E-state index in [1.807, 2.05) is 27.7 Å². The highest BCUT2D eigenvalue weighted by Gasteiger charge is 2.34. The lowest BCUT2D eigenvalue weighted by atomic mass is 10.1. The Hall–Kier alpha value is -1.15. The number of rotatable bonds is 5. The van der Waals surface area contributed by atoms with Crippen LogP contribution in [0.2, 0.25) is 0 Å². The molecule has 0 spiro atoms. The summed E-state index contributed by atoms with van der Waals surface area (Å²) in [6.07, 6.45) is -0.0671. The van der Waals surface area contributed by atoms with Crippen LogP contribution in [0.15, 0.2) is 23.1 Å². The highest BCUT2D eigenvalue weighted by Crippen LogP contribution is 2.29. The van der Waals surface area contributed by atoms with Gasteiger partial charge in [0.1, 0.15) is 5.75 Å². The van der Waals surface area contributed by atoms with E-state index >= 15 is 0 Å². The van der Waals surface area contributed by atoms with Crippen LogP contribution >= 0.6 is 0 Å². The van der Waals surface area contributed by atoms with Crippen molar-refractivity contribution >= 4 is 9.84 Å². The van der Waals surface area contributed by atoms with Gasteiger partial charge < -0.3 is 14.6 Å². The van der Waals surface area contributed by atoms with Crippen molar-refractivity contribution in [3.8, 4) is 5.75 Å². The van der Waals surface area contributed by atoms with E-state index in [0.29, 0.717) is 36.6 Å². The van der Waals surface area contributed by atoms with Crippen LogP contribution in [0.4, 0.5) is 0 Å². The second-order valence-electron chi connectivity index (χ2n) is 7.47. The van der Waals surface area contributed by atoms with E-state index < -0.39 is 27.1 Å². The number of aliphatic hydroxyl groups is 1. The van der Waals surface area contributed by atoms with Gasteiger partial charge in [0.15, 0.2) is 9.84 Å². The Labute approximate surface area is 150 Å². The standard InChI is InChI=1S/C18H29NO5S/c1-13-12-15(6-7-16(13)23-5)25(21,22)14-8-10-19(11-9-14)17(20)24-18(2,3)4/h6-7,12,14,17,20H,8-11H2,1-5H3. The minimum atomic E-state index is -3.40. The first-order valence-corrected chi connectivity index (χ1v) is 10.1. The van der Waals surface area contributed by atoms with E-state index in [9.17, 15) is 13.5 Å². The highest BCUT2D eigenvalue weighted by molar-refractivity contribution is 7.92. The second-order valence-corrected chi connectivity index (χ2v) is 9.70. The quantitative estimate of drug-likeness (QED) is 0.801. The zero-order valence-corrected chi connectivity index (χ0v) is 16.5. The Morgan fingerprint density at radius 1 is 1.24 bits per heavy atom. The molecule has 7 heteroatoms.